The molecule has 23 heavy (non-hydrogen) atoms. The number of nitrogens with zero attached hydrogens (tertiary/aromatic N) is 2. The van der Waals surface area contributed by atoms with Crippen LogP contribution < -0.4 is 10.9 Å². The first kappa shape index (κ1) is 16.0. The van der Waals surface area contributed by atoms with Crippen molar-refractivity contribution in [2.45, 2.75) is 32.4 Å². The summed E-state index contributed by atoms with van der Waals surface area (Å²) in [6, 6.07) is 7.81. The fraction of sp³-hybridized carbons (Fsp3) is 0.529. The molecule has 0 radical (unpaired) electrons. The van der Waals surface area contributed by atoms with Crippen molar-refractivity contribution in [1.82, 2.24) is 20.7 Å². The summed E-state index contributed by atoms with van der Waals surface area (Å²) in [5, 5.41) is 0. The van der Waals surface area contributed by atoms with Crippen molar-refractivity contribution in [2.24, 2.45) is 0 Å². The fourth-order valence-electron chi connectivity index (χ4n) is 3.21. The summed E-state index contributed by atoms with van der Waals surface area (Å²) in [4.78, 5) is 28.8. The van der Waals surface area contributed by atoms with Crippen LogP contribution in [-0.4, -0.2) is 59.9 Å². The van der Waals surface area contributed by atoms with Crippen LogP contribution in [0.4, 0.5) is 0 Å². The second kappa shape index (κ2) is 6.68. The molecule has 2 fully saturated rings. The summed E-state index contributed by atoms with van der Waals surface area (Å²) in [6.07, 6.45) is 0.807. The van der Waals surface area contributed by atoms with Gasteiger partial charge in [0.15, 0.2) is 0 Å². The molecule has 2 saturated heterocycles. The van der Waals surface area contributed by atoms with Crippen molar-refractivity contribution >= 4 is 11.8 Å². The highest BCUT2D eigenvalue weighted by Gasteiger charge is 2.32. The van der Waals surface area contributed by atoms with Gasteiger partial charge in [0.2, 0.25) is 5.91 Å². The molecule has 2 heterocycles. The normalized spacial score (nSPS) is 24.8. The van der Waals surface area contributed by atoms with Crippen LogP contribution in [0.3, 0.4) is 0 Å². The molecule has 2 N–H and O–H groups in total. The van der Waals surface area contributed by atoms with Gasteiger partial charge in [0.1, 0.15) is 6.04 Å². The van der Waals surface area contributed by atoms with E-state index in [1.807, 2.05) is 41.0 Å². The van der Waals surface area contributed by atoms with Gasteiger partial charge in [-0.05, 0) is 31.9 Å². The van der Waals surface area contributed by atoms with Crippen LogP contribution in [-0.2, 0) is 4.79 Å². The highest BCUT2D eigenvalue weighted by molar-refractivity contribution is 5.95. The van der Waals surface area contributed by atoms with E-state index in [-0.39, 0.29) is 17.9 Å². The van der Waals surface area contributed by atoms with Gasteiger partial charge in [-0.25, -0.2) is 5.43 Å². The summed E-state index contributed by atoms with van der Waals surface area (Å²) in [7, 11) is 0. The number of rotatable bonds is 2. The maximum Gasteiger partial charge on any atom is 0.254 e. The lowest BCUT2D eigenvalue weighted by Crippen LogP contribution is -2.54. The molecular formula is C17H24N4O2. The second-order valence-electron chi connectivity index (χ2n) is 6.41. The van der Waals surface area contributed by atoms with Crippen LogP contribution in [0.15, 0.2) is 24.3 Å². The monoisotopic (exact) mass is 316 g/mol. The average molecular weight is 316 g/mol. The molecule has 2 unspecified atom stereocenters. The number of hydrogen-bond acceptors (Lipinski definition) is 4. The molecule has 0 aliphatic carbocycles. The Morgan fingerprint density at radius 2 is 1.70 bits per heavy atom. The number of carbonyl (C=O) groups excluding carboxylic acids is 2. The van der Waals surface area contributed by atoms with Gasteiger partial charge >= 0.3 is 0 Å². The van der Waals surface area contributed by atoms with E-state index in [0.29, 0.717) is 32.2 Å². The number of aryl methyl sites for hydroxylation is 1. The molecule has 6 heteroatoms. The van der Waals surface area contributed by atoms with E-state index >= 15 is 0 Å². The molecular weight excluding hydrogens is 292 g/mol. The molecule has 2 amide bonds. The first-order chi connectivity index (χ1) is 11.1. The number of benzene rings is 1. The molecule has 0 bridgehead atoms. The molecule has 2 aliphatic rings. The summed E-state index contributed by atoms with van der Waals surface area (Å²) >= 11 is 0. The van der Waals surface area contributed by atoms with E-state index in [0.717, 1.165) is 17.5 Å². The molecule has 0 aromatic heterocycles. The number of nitrogens with one attached hydrogen (secondary N) is 2. The molecule has 1 aromatic carbocycles. The Kier molecular flexibility index (Phi) is 4.63. The summed E-state index contributed by atoms with van der Waals surface area (Å²) < 4.78 is 0. The predicted octanol–water partition coefficient (Wildman–Crippen LogP) is 0.534. The average Bonchev–Trinajstić information content (AvgIpc) is 3.01. The van der Waals surface area contributed by atoms with Gasteiger partial charge in [0, 0.05) is 37.8 Å². The van der Waals surface area contributed by atoms with Gasteiger partial charge < -0.3 is 9.80 Å². The third kappa shape index (κ3) is 3.38. The molecule has 6 nitrogen and oxygen atoms in total. The smallest absolute Gasteiger partial charge is 0.254 e. The highest BCUT2D eigenvalue weighted by atomic mass is 16.2. The Labute approximate surface area is 136 Å². The number of piperazine rings is 1. The van der Waals surface area contributed by atoms with E-state index in [1.165, 1.54) is 0 Å². The maximum atomic E-state index is 12.6. The topological polar surface area (TPSA) is 64.7 Å². The lowest BCUT2D eigenvalue weighted by atomic mass is 10.1. The summed E-state index contributed by atoms with van der Waals surface area (Å²) in [5.74, 6) is 0.189. The van der Waals surface area contributed by atoms with Gasteiger partial charge in [-0.15, -0.1) is 0 Å². The minimum Gasteiger partial charge on any atom is -0.338 e. The van der Waals surface area contributed by atoms with E-state index in [9.17, 15) is 9.59 Å². The van der Waals surface area contributed by atoms with Crippen molar-refractivity contribution in [3.05, 3.63) is 35.4 Å². The summed E-state index contributed by atoms with van der Waals surface area (Å²) in [5.41, 5.74) is 7.88. The minimum absolute atomic E-state index is 0.0597. The zero-order valence-electron chi connectivity index (χ0n) is 13.7. The van der Waals surface area contributed by atoms with Crippen molar-refractivity contribution in [2.75, 3.05) is 26.2 Å². The van der Waals surface area contributed by atoms with Crippen molar-refractivity contribution in [3.8, 4) is 0 Å². The van der Waals surface area contributed by atoms with Crippen LogP contribution in [0.2, 0.25) is 0 Å². The number of carbonyl (C=O) groups is 2. The van der Waals surface area contributed by atoms with Crippen molar-refractivity contribution in [3.63, 3.8) is 0 Å². The van der Waals surface area contributed by atoms with Gasteiger partial charge in [-0.2, -0.15) is 0 Å². The minimum atomic E-state index is -0.149. The SMILES string of the molecule is Cc1ccccc1C(=O)N1CCN(C(=O)C2CC(C)NN2)CC1. The fourth-order valence-corrected chi connectivity index (χ4v) is 3.21. The Morgan fingerprint density at radius 3 is 2.30 bits per heavy atom. The van der Waals surface area contributed by atoms with E-state index in [1.54, 1.807) is 0 Å². The van der Waals surface area contributed by atoms with Gasteiger partial charge in [-0.3, -0.25) is 15.0 Å². The molecule has 3 rings (SSSR count). The highest BCUT2D eigenvalue weighted by Crippen LogP contribution is 2.14. The Balaban J connectivity index is 1.57. The quantitative estimate of drug-likeness (QED) is 0.836. The molecule has 0 spiro atoms. The van der Waals surface area contributed by atoms with E-state index < -0.39 is 0 Å². The van der Waals surface area contributed by atoms with E-state index in [4.69, 9.17) is 0 Å². The third-order valence-electron chi connectivity index (χ3n) is 4.65. The lowest BCUT2D eigenvalue weighted by Gasteiger charge is -2.36. The maximum absolute atomic E-state index is 12.6. The van der Waals surface area contributed by atoms with Crippen molar-refractivity contribution < 1.29 is 9.59 Å². The molecule has 124 valence electrons. The van der Waals surface area contributed by atoms with Crippen LogP contribution in [0.25, 0.3) is 0 Å². The standard InChI is InChI=1S/C17H24N4O2/c1-12-5-3-4-6-14(12)16(22)20-7-9-21(10-8-20)17(23)15-11-13(2)18-19-15/h3-6,13,15,18-19H,7-11H2,1-2H3. The number of hydrazine groups is 1. The lowest BCUT2D eigenvalue weighted by molar-refractivity contribution is -0.134. The molecule has 2 atom stereocenters. The molecule has 1 aromatic rings. The first-order valence-electron chi connectivity index (χ1n) is 8.21. The number of amides is 2. The number of hydrogen-bond donors (Lipinski definition) is 2. The Morgan fingerprint density at radius 1 is 1.04 bits per heavy atom. The van der Waals surface area contributed by atoms with Crippen LogP contribution in [0.5, 0.6) is 0 Å². The van der Waals surface area contributed by atoms with Crippen LogP contribution in [0.1, 0.15) is 29.3 Å². The second-order valence-corrected chi connectivity index (χ2v) is 6.41. The predicted molar refractivity (Wildman–Crippen MR) is 87.8 cm³/mol. The third-order valence-corrected chi connectivity index (χ3v) is 4.65. The molecule has 2 aliphatic heterocycles. The Bertz CT molecular complexity index is 596. The van der Waals surface area contributed by atoms with Crippen molar-refractivity contribution in [1.29, 1.82) is 0 Å². The Hall–Kier alpha value is -1.92. The largest absolute Gasteiger partial charge is 0.338 e. The zero-order chi connectivity index (χ0) is 16.4. The van der Waals surface area contributed by atoms with Gasteiger partial charge in [0.05, 0.1) is 0 Å². The van der Waals surface area contributed by atoms with Crippen LogP contribution >= 0.6 is 0 Å². The van der Waals surface area contributed by atoms with Gasteiger partial charge in [0.25, 0.3) is 5.91 Å². The van der Waals surface area contributed by atoms with E-state index in [2.05, 4.69) is 17.8 Å². The van der Waals surface area contributed by atoms with Crippen LogP contribution in [0, 0.1) is 6.92 Å². The summed E-state index contributed by atoms with van der Waals surface area (Å²) in [6.45, 7) is 6.39. The van der Waals surface area contributed by atoms with Gasteiger partial charge in [-0.1, -0.05) is 18.2 Å². The first-order valence-corrected chi connectivity index (χ1v) is 8.21. The zero-order valence-corrected chi connectivity index (χ0v) is 13.7. The molecule has 0 saturated carbocycles.